The Morgan fingerprint density at radius 3 is 2.38 bits per heavy atom. The van der Waals surface area contributed by atoms with Crippen LogP contribution in [0.4, 0.5) is 4.79 Å². The third-order valence-electron chi connectivity index (χ3n) is 4.65. The number of aromatic nitrogens is 2. The van der Waals surface area contributed by atoms with Gasteiger partial charge in [0.25, 0.3) is 11.8 Å². The highest BCUT2D eigenvalue weighted by atomic mass is 16.5. The molecule has 0 radical (unpaired) electrons. The maximum atomic E-state index is 12.6. The molecular weight excluding hydrogens is 444 g/mol. The number of nitrogens with zero attached hydrogens (tertiary/aromatic N) is 2. The van der Waals surface area contributed by atoms with E-state index in [1.807, 2.05) is 18.2 Å². The summed E-state index contributed by atoms with van der Waals surface area (Å²) in [5.41, 5.74) is 0.975. The Morgan fingerprint density at radius 2 is 1.68 bits per heavy atom. The average Bonchev–Trinajstić information content (AvgIpc) is 2.86. The molecule has 3 aromatic rings. The van der Waals surface area contributed by atoms with Gasteiger partial charge in [-0.05, 0) is 11.6 Å². The summed E-state index contributed by atoms with van der Waals surface area (Å²) in [5, 5.41) is 25.0. The Labute approximate surface area is 195 Å². The van der Waals surface area contributed by atoms with Crippen molar-refractivity contribution in [1.29, 1.82) is 0 Å². The number of rotatable bonds is 9. The number of amides is 2. The number of methoxy groups -OCH3 is 2. The Kier molecular flexibility index (Phi) is 8.06. The number of aromatic hydroxyl groups is 2. The van der Waals surface area contributed by atoms with Crippen molar-refractivity contribution in [2.45, 2.75) is 19.7 Å². The van der Waals surface area contributed by atoms with E-state index in [0.29, 0.717) is 17.1 Å². The monoisotopic (exact) mass is 468 g/mol. The highest BCUT2D eigenvalue weighted by Crippen LogP contribution is 2.31. The van der Waals surface area contributed by atoms with Gasteiger partial charge in [0.1, 0.15) is 6.61 Å². The topological polar surface area (TPSA) is 152 Å². The van der Waals surface area contributed by atoms with Gasteiger partial charge in [-0.1, -0.05) is 42.5 Å². The zero-order valence-corrected chi connectivity index (χ0v) is 18.6. The van der Waals surface area contributed by atoms with Crippen LogP contribution >= 0.6 is 0 Å². The fourth-order valence-corrected chi connectivity index (χ4v) is 3.00. The Bertz CT molecular complexity index is 1160. The highest BCUT2D eigenvalue weighted by molar-refractivity contribution is 5.95. The van der Waals surface area contributed by atoms with E-state index in [0.717, 1.165) is 5.56 Å². The minimum atomic E-state index is -0.798. The zero-order valence-electron chi connectivity index (χ0n) is 18.6. The van der Waals surface area contributed by atoms with Crippen molar-refractivity contribution in [3.63, 3.8) is 0 Å². The third-order valence-corrected chi connectivity index (χ3v) is 4.65. The van der Waals surface area contributed by atoms with Gasteiger partial charge in [0.2, 0.25) is 5.75 Å². The van der Waals surface area contributed by atoms with Gasteiger partial charge in [-0.2, -0.15) is 4.98 Å². The molecule has 2 aromatic carbocycles. The molecule has 0 unspecified atom stereocenters. The van der Waals surface area contributed by atoms with Crippen LogP contribution in [0.3, 0.4) is 0 Å². The molecule has 0 aliphatic heterocycles. The van der Waals surface area contributed by atoms with Crippen LogP contribution in [-0.2, 0) is 24.4 Å². The van der Waals surface area contributed by atoms with E-state index in [2.05, 4.69) is 20.6 Å². The number of ether oxygens (including phenoxy) is 3. The van der Waals surface area contributed by atoms with Crippen LogP contribution in [0.25, 0.3) is 0 Å². The summed E-state index contributed by atoms with van der Waals surface area (Å²) in [6.45, 7) is -0.149. The van der Waals surface area contributed by atoms with Crippen LogP contribution in [0, 0.1) is 0 Å². The van der Waals surface area contributed by atoms with E-state index in [-0.39, 0.29) is 25.5 Å². The first-order valence-corrected chi connectivity index (χ1v) is 10.1. The minimum Gasteiger partial charge on any atom is -0.501 e. The molecule has 0 bridgehead atoms. The van der Waals surface area contributed by atoms with E-state index in [9.17, 15) is 19.8 Å². The maximum Gasteiger partial charge on any atom is 0.407 e. The van der Waals surface area contributed by atoms with Gasteiger partial charge in [0.05, 0.1) is 20.8 Å². The summed E-state index contributed by atoms with van der Waals surface area (Å²) >= 11 is 0. The molecule has 1 aromatic heterocycles. The lowest BCUT2D eigenvalue weighted by atomic mass is 10.2. The van der Waals surface area contributed by atoms with E-state index >= 15 is 0 Å². The summed E-state index contributed by atoms with van der Waals surface area (Å²) in [5.74, 6) is -1.52. The van der Waals surface area contributed by atoms with Crippen molar-refractivity contribution >= 4 is 12.0 Å². The lowest BCUT2D eigenvalue weighted by Gasteiger charge is -2.13. The van der Waals surface area contributed by atoms with Gasteiger partial charge in [-0.3, -0.25) is 4.79 Å². The number of alkyl carbamates (subject to hydrolysis) is 1. The fraction of sp³-hybridized carbons (Fsp3) is 0.217. The van der Waals surface area contributed by atoms with Gasteiger partial charge >= 0.3 is 6.09 Å². The molecule has 0 atom stereocenters. The normalized spacial score (nSPS) is 10.3. The largest absolute Gasteiger partial charge is 0.501 e. The first-order chi connectivity index (χ1) is 16.4. The van der Waals surface area contributed by atoms with Gasteiger partial charge < -0.3 is 35.1 Å². The van der Waals surface area contributed by atoms with Gasteiger partial charge in [0, 0.05) is 12.1 Å². The van der Waals surface area contributed by atoms with Crippen molar-refractivity contribution in [2.24, 2.45) is 0 Å². The molecule has 0 saturated carbocycles. The zero-order chi connectivity index (χ0) is 24.5. The number of carbonyl (C=O) groups is 2. The molecule has 0 saturated heterocycles. The molecule has 3 rings (SSSR count). The van der Waals surface area contributed by atoms with Crippen LogP contribution in [0.15, 0.2) is 48.5 Å². The molecule has 0 spiro atoms. The van der Waals surface area contributed by atoms with Crippen molar-refractivity contribution in [2.75, 3.05) is 14.2 Å². The first kappa shape index (κ1) is 24.1. The molecule has 0 fully saturated rings. The molecule has 34 heavy (non-hydrogen) atoms. The summed E-state index contributed by atoms with van der Waals surface area (Å²) in [6.07, 6.45) is -0.740. The highest BCUT2D eigenvalue weighted by Gasteiger charge is 2.21. The van der Waals surface area contributed by atoms with Crippen LogP contribution in [0.1, 0.15) is 27.4 Å². The standard InChI is InChI=1S/C23H24N4O7/c1-32-16-10-6-9-15(20(16)33-2)11-24-21(29)18-19(28)22(30)27-17(26-18)12-25-23(31)34-13-14-7-4-3-5-8-14/h3-10,28H,11-13H2,1-2H3,(H,24,29)(H,25,31)(H,26,27,30). The second-order valence-corrected chi connectivity index (χ2v) is 6.91. The number of benzene rings is 2. The van der Waals surface area contributed by atoms with Crippen molar-refractivity contribution < 1.29 is 34.0 Å². The third kappa shape index (κ3) is 6.03. The van der Waals surface area contributed by atoms with Crippen LogP contribution in [0.2, 0.25) is 0 Å². The quantitative estimate of drug-likeness (QED) is 0.370. The van der Waals surface area contributed by atoms with Gasteiger partial charge in [-0.15, -0.1) is 0 Å². The molecule has 11 nitrogen and oxygen atoms in total. The second-order valence-electron chi connectivity index (χ2n) is 6.91. The predicted octanol–water partition coefficient (Wildman–Crippen LogP) is 2.26. The Morgan fingerprint density at radius 1 is 0.912 bits per heavy atom. The molecule has 4 N–H and O–H groups in total. The minimum absolute atomic E-state index is 0.0306. The smallest absolute Gasteiger partial charge is 0.407 e. The van der Waals surface area contributed by atoms with Crippen molar-refractivity contribution in [3.05, 3.63) is 71.2 Å². The number of carbonyl (C=O) groups excluding carboxylic acids is 2. The van der Waals surface area contributed by atoms with Gasteiger partial charge in [0.15, 0.2) is 23.0 Å². The lowest BCUT2D eigenvalue weighted by Crippen LogP contribution is -2.27. The first-order valence-electron chi connectivity index (χ1n) is 10.1. The number of nitrogens with one attached hydrogen (secondary N) is 2. The predicted molar refractivity (Wildman–Crippen MR) is 120 cm³/mol. The molecular formula is C23H24N4O7. The lowest BCUT2D eigenvalue weighted by molar-refractivity contribution is 0.0941. The maximum absolute atomic E-state index is 12.6. The molecule has 178 valence electrons. The van der Waals surface area contributed by atoms with E-state index < -0.39 is 29.3 Å². The van der Waals surface area contributed by atoms with Crippen LogP contribution in [-0.4, -0.2) is 46.4 Å². The van der Waals surface area contributed by atoms with Crippen LogP contribution < -0.4 is 20.1 Å². The van der Waals surface area contributed by atoms with E-state index in [1.165, 1.54) is 14.2 Å². The number of hydrogen-bond donors (Lipinski definition) is 4. The molecule has 2 amide bonds. The summed E-state index contributed by atoms with van der Waals surface area (Å²) in [4.78, 5) is 32.2. The second kappa shape index (κ2) is 11.4. The number of para-hydroxylation sites is 1. The van der Waals surface area contributed by atoms with Crippen molar-refractivity contribution in [1.82, 2.24) is 20.6 Å². The summed E-state index contributed by atoms with van der Waals surface area (Å²) < 4.78 is 15.6. The SMILES string of the molecule is COc1cccc(CNC(=O)c2nc(CNC(=O)OCc3ccccc3)nc(O)c2O)c1OC. The fourth-order valence-electron chi connectivity index (χ4n) is 3.00. The molecule has 0 aliphatic carbocycles. The van der Waals surface area contributed by atoms with Crippen LogP contribution in [0.5, 0.6) is 23.1 Å². The summed E-state index contributed by atoms with van der Waals surface area (Å²) in [7, 11) is 2.97. The molecule has 1 heterocycles. The molecule has 0 aliphatic rings. The van der Waals surface area contributed by atoms with E-state index in [1.54, 1.807) is 30.3 Å². The Balaban J connectivity index is 1.63. The van der Waals surface area contributed by atoms with E-state index in [4.69, 9.17) is 14.2 Å². The summed E-state index contributed by atoms with van der Waals surface area (Å²) in [6, 6.07) is 14.3. The molecule has 11 heteroatoms. The number of hydrogen-bond acceptors (Lipinski definition) is 9. The van der Waals surface area contributed by atoms with Gasteiger partial charge in [-0.25, -0.2) is 9.78 Å². The Hall–Kier alpha value is -4.54. The van der Waals surface area contributed by atoms with Crippen molar-refractivity contribution in [3.8, 4) is 23.1 Å². The average molecular weight is 468 g/mol.